The van der Waals surface area contributed by atoms with Crippen molar-refractivity contribution in [3.05, 3.63) is 45.8 Å². The van der Waals surface area contributed by atoms with Crippen LogP contribution >= 0.6 is 11.3 Å². The van der Waals surface area contributed by atoms with Crippen LogP contribution in [-0.2, 0) is 6.42 Å². The van der Waals surface area contributed by atoms with Crippen molar-refractivity contribution in [1.29, 1.82) is 0 Å². The first-order valence-corrected chi connectivity index (χ1v) is 5.51. The highest BCUT2D eigenvalue weighted by Crippen LogP contribution is 2.41. The average molecular weight is 202 g/mol. The first-order valence-electron chi connectivity index (χ1n) is 4.63. The van der Waals surface area contributed by atoms with E-state index in [9.17, 15) is 0 Å². The molecule has 1 aliphatic carbocycles. The van der Waals surface area contributed by atoms with Gasteiger partial charge in [-0.3, -0.25) is 0 Å². The lowest BCUT2D eigenvalue weighted by molar-refractivity contribution is 0.703. The maximum absolute atomic E-state index is 5.61. The number of thiazole rings is 1. The molecule has 3 rings (SSSR count). The predicted octanol–water partition coefficient (Wildman–Crippen LogP) is 2.41. The molecule has 1 aliphatic rings. The van der Waals surface area contributed by atoms with Gasteiger partial charge in [0, 0.05) is 11.3 Å². The molecule has 3 heteroatoms. The second kappa shape index (κ2) is 2.82. The highest BCUT2D eigenvalue weighted by molar-refractivity contribution is 7.10. The van der Waals surface area contributed by atoms with Gasteiger partial charge < -0.3 is 5.73 Å². The van der Waals surface area contributed by atoms with Gasteiger partial charge in [-0.1, -0.05) is 24.3 Å². The van der Waals surface area contributed by atoms with Crippen LogP contribution in [0.15, 0.2) is 29.6 Å². The molecule has 0 amide bonds. The second-order valence-corrected chi connectivity index (χ2v) is 4.46. The van der Waals surface area contributed by atoms with Gasteiger partial charge in [0.15, 0.2) is 0 Å². The molecule has 0 radical (unpaired) electrons. The highest BCUT2D eigenvalue weighted by atomic mass is 32.1. The molecule has 14 heavy (non-hydrogen) atoms. The van der Waals surface area contributed by atoms with Crippen molar-refractivity contribution < 1.29 is 0 Å². The minimum absolute atomic E-state index is 0.494. The number of fused-ring (bicyclic) bond motifs is 1. The quantitative estimate of drug-likeness (QED) is 0.771. The second-order valence-electron chi connectivity index (χ2n) is 3.57. The number of aromatic nitrogens is 1. The first kappa shape index (κ1) is 8.00. The third kappa shape index (κ3) is 1.06. The SMILES string of the molecule is Nc1csc(C2Cc3ccccc32)n1. The Labute approximate surface area is 86.4 Å². The van der Waals surface area contributed by atoms with E-state index in [0.717, 1.165) is 11.4 Å². The van der Waals surface area contributed by atoms with Crippen LogP contribution in [0, 0.1) is 0 Å². The molecular formula is C11H10N2S. The van der Waals surface area contributed by atoms with Gasteiger partial charge in [0.25, 0.3) is 0 Å². The molecule has 0 saturated heterocycles. The van der Waals surface area contributed by atoms with E-state index in [1.54, 1.807) is 11.3 Å². The van der Waals surface area contributed by atoms with E-state index in [1.807, 2.05) is 5.38 Å². The molecule has 1 aromatic carbocycles. The smallest absolute Gasteiger partial charge is 0.134 e. The van der Waals surface area contributed by atoms with Crippen molar-refractivity contribution in [3.8, 4) is 0 Å². The number of nitrogens with two attached hydrogens (primary N) is 1. The van der Waals surface area contributed by atoms with Crippen molar-refractivity contribution in [1.82, 2.24) is 4.98 Å². The Hall–Kier alpha value is -1.35. The number of nitrogens with zero attached hydrogens (tertiary/aromatic N) is 1. The zero-order chi connectivity index (χ0) is 9.54. The summed E-state index contributed by atoms with van der Waals surface area (Å²) in [6.45, 7) is 0. The van der Waals surface area contributed by atoms with Crippen LogP contribution in [0.4, 0.5) is 5.82 Å². The molecule has 2 N–H and O–H groups in total. The predicted molar refractivity (Wildman–Crippen MR) is 58.5 cm³/mol. The van der Waals surface area contributed by atoms with Crippen molar-refractivity contribution in [3.63, 3.8) is 0 Å². The third-order valence-corrected chi connectivity index (χ3v) is 3.67. The lowest BCUT2D eigenvalue weighted by Crippen LogP contribution is -2.17. The van der Waals surface area contributed by atoms with Gasteiger partial charge in [-0.25, -0.2) is 4.98 Å². The van der Waals surface area contributed by atoms with E-state index < -0.39 is 0 Å². The van der Waals surface area contributed by atoms with Crippen LogP contribution in [0.1, 0.15) is 22.1 Å². The summed E-state index contributed by atoms with van der Waals surface area (Å²) in [5.74, 6) is 1.14. The Morgan fingerprint density at radius 3 is 2.93 bits per heavy atom. The number of hydrogen-bond donors (Lipinski definition) is 1. The Morgan fingerprint density at radius 2 is 2.21 bits per heavy atom. The van der Waals surface area contributed by atoms with Crippen molar-refractivity contribution in [2.45, 2.75) is 12.3 Å². The van der Waals surface area contributed by atoms with Gasteiger partial charge in [0.05, 0.1) is 0 Å². The standard InChI is InChI=1S/C11H10N2S/c12-10-6-14-11(13-10)9-5-7-3-1-2-4-8(7)9/h1-4,6,9H,5,12H2. The van der Waals surface area contributed by atoms with Crippen molar-refractivity contribution in [2.24, 2.45) is 0 Å². The molecule has 1 heterocycles. The van der Waals surface area contributed by atoms with E-state index in [4.69, 9.17) is 5.73 Å². The molecule has 0 saturated carbocycles. The van der Waals surface area contributed by atoms with Gasteiger partial charge in [-0.05, 0) is 17.5 Å². The van der Waals surface area contributed by atoms with Gasteiger partial charge in [0.1, 0.15) is 10.8 Å². The summed E-state index contributed by atoms with van der Waals surface area (Å²) in [6, 6.07) is 8.54. The average Bonchev–Trinajstić information content (AvgIpc) is 2.54. The van der Waals surface area contributed by atoms with E-state index in [2.05, 4.69) is 29.2 Å². The number of nitrogen functional groups attached to an aromatic ring is 1. The van der Waals surface area contributed by atoms with Crippen molar-refractivity contribution >= 4 is 17.2 Å². The molecule has 0 bridgehead atoms. The fourth-order valence-electron chi connectivity index (χ4n) is 1.94. The third-order valence-electron chi connectivity index (χ3n) is 2.69. The van der Waals surface area contributed by atoms with Crippen LogP contribution in [0.2, 0.25) is 0 Å². The van der Waals surface area contributed by atoms with E-state index in [1.165, 1.54) is 11.1 Å². The Bertz CT molecular complexity index is 476. The number of rotatable bonds is 1. The minimum Gasteiger partial charge on any atom is -0.383 e. The van der Waals surface area contributed by atoms with Crippen molar-refractivity contribution in [2.75, 3.05) is 5.73 Å². The maximum Gasteiger partial charge on any atom is 0.134 e. The van der Waals surface area contributed by atoms with Crippen LogP contribution < -0.4 is 5.73 Å². The Kier molecular flexibility index (Phi) is 1.61. The normalized spacial score (nSPS) is 18.7. The van der Waals surface area contributed by atoms with Crippen LogP contribution in [0.3, 0.4) is 0 Å². The maximum atomic E-state index is 5.61. The number of hydrogen-bond acceptors (Lipinski definition) is 3. The van der Waals surface area contributed by atoms with Gasteiger partial charge in [-0.2, -0.15) is 0 Å². The Morgan fingerprint density at radius 1 is 1.36 bits per heavy atom. The molecule has 1 aromatic heterocycles. The fraction of sp³-hybridized carbons (Fsp3) is 0.182. The monoisotopic (exact) mass is 202 g/mol. The van der Waals surface area contributed by atoms with Gasteiger partial charge in [-0.15, -0.1) is 11.3 Å². The molecular weight excluding hydrogens is 192 g/mol. The molecule has 1 atom stereocenters. The fourth-order valence-corrected chi connectivity index (χ4v) is 2.77. The van der Waals surface area contributed by atoms with Crippen LogP contribution in [0.25, 0.3) is 0 Å². The minimum atomic E-state index is 0.494. The molecule has 70 valence electrons. The summed E-state index contributed by atoms with van der Waals surface area (Å²) < 4.78 is 0. The zero-order valence-electron chi connectivity index (χ0n) is 7.60. The largest absolute Gasteiger partial charge is 0.383 e. The first-order chi connectivity index (χ1) is 6.84. The molecule has 1 unspecified atom stereocenters. The summed E-state index contributed by atoms with van der Waals surface area (Å²) in [4.78, 5) is 4.33. The summed E-state index contributed by atoms with van der Waals surface area (Å²) in [5.41, 5.74) is 8.48. The number of benzene rings is 1. The summed E-state index contributed by atoms with van der Waals surface area (Å²) in [6.07, 6.45) is 1.11. The molecule has 2 aromatic rings. The lowest BCUT2D eigenvalue weighted by Gasteiger charge is -2.28. The van der Waals surface area contributed by atoms with Gasteiger partial charge >= 0.3 is 0 Å². The summed E-state index contributed by atoms with van der Waals surface area (Å²) in [7, 11) is 0. The van der Waals surface area contributed by atoms with Crippen LogP contribution in [0.5, 0.6) is 0 Å². The highest BCUT2D eigenvalue weighted by Gasteiger charge is 2.28. The van der Waals surface area contributed by atoms with Crippen LogP contribution in [-0.4, -0.2) is 4.98 Å². The summed E-state index contributed by atoms with van der Waals surface area (Å²) in [5, 5.41) is 3.07. The van der Waals surface area contributed by atoms with Gasteiger partial charge in [0.2, 0.25) is 0 Å². The van der Waals surface area contributed by atoms with E-state index in [-0.39, 0.29) is 0 Å². The van der Waals surface area contributed by atoms with E-state index in [0.29, 0.717) is 11.7 Å². The molecule has 0 aliphatic heterocycles. The van der Waals surface area contributed by atoms with E-state index >= 15 is 0 Å². The molecule has 0 fully saturated rings. The topological polar surface area (TPSA) is 38.9 Å². The lowest BCUT2D eigenvalue weighted by atomic mass is 9.78. The Balaban J connectivity index is 1.99. The summed E-state index contributed by atoms with van der Waals surface area (Å²) >= 11 is 1.66. The number of anilines is 1. The molecule has 2 nitrogen and oxygen atoms in total. The molecule has 0 spiro atoms. The zero-order valence-corrected chi connectivity index (χ0v) is 8.42.